The van der Waals surface area contributed by atoms with Gasteiger partial charge in [0, 0.05) is 6.07 Å². The zero-order valence-corrected chi connectivity index (χ0v) is 10.3. The number of hydrogen-bond donors (Lipinski definition) is 2. The Kier molecular flexibility index (Phi) is 4.93. The summed E-state index contributed by atoms with van der Waals surface area (Å²) in [7, 11) is 0. The van der Waals surface area contributed by atoms with Gasteiger partial charge in [-0.25, -0.2) is 8.78 Å². The molecule has 0 radical (unpaired) electrons. The average Bonchev–Trinajstić information content (AvgIpc) is 2.30. The second-order valence-corrected chi connectivity index (χ2v) is 3.94. The second-order valence-electron chi connectivity index (χ2n) is 3.53. The molecule has 1 aromatic rings. The lowest BCUT2D eigenvalue weighted by molar-refractivity contribution is -0.121. The minimum absolute atomic E-state index is 0.0739. The van der Waals surface area contributed by atoms with Crippen molar-refractivity contribution in [1.82, 2.24) is 5.32 Å². The number of halogens is 3. The van der Waals surface area contributed by atoms with Gasteiger partial charge < -0.3 is 10.6 Å². The highest BCUT2D eigenvalue weighted by molar-refractivity contribution is 6.33. The molecule has 1 aromatic carbocycles. The Labute approximate surface area is 109 Å². The quantitative estimate of drug-likeness (QED) is 0.825. The van der Waals surface area contributed by atoms with E-state index < -0.39 is 23.6 Å². The minimum Gasteiger partial charge on any atom is -0.370 e. The van der Waals surface area contributed by atoms with Gasteiger partial charge in [0.15, 0.2) is 5.82 Å². The van der Waals surface area contributed by atoms with Gasteiger partial charge in [0.2, 0.25) is 5.91 Å². The third kappa shape index (κ3) is 3.60. The summed E-state index contributed by atoms with van der Waals surface area (Å²) in [5.74, 6) is 0.180. The third-order valence-corrected chi connectivity index (χ3v) is 2.42. The van der Waals surface area contributed by atoms with Crippen molar-refractivity contribution in [2.75, 3.05) is 11.9 Å². The normalized spacial score (nSPS) is 11.5. The first-order chi connectivity index (χ1) is 8.45. The number of nitrogens with one attached hydrogen (secondary N) is 2. The van der Waals surface area contributed by atoms with Crippen LogP contribution in [0.3, 0.4) is 0 Å². The van der Waals surface area contributed by atoms with Crippen molar-refractivity contribution in [2.45, 2.75) is 13.0 Å². The predicted molar refractivity (Wildman–Crippen MR) is 66.3 cm³/mol. The summed E-state index contributed by atoms with van der Waals surface area (Å²) in [5.41, 5.74) is -0.124. The van der Waals surface area contributed by atoms with Crippen LogP contribution in [-0.4, -0.2) is 18.5 Å². The van der Waals surface area contributed by atoms with E-state index in [2.05, 4.69) is 16.6 Å². The topological polar surface area (TPSA) is 41.1 Å². The molecule has 0 saturated carbocycles. The molecule has 6 heteroatoms. The van der Waals surface area contributed by atoms with Gasteiger partial charge in [-0.1, -0.05) is 17.5 Å². The lowest BCUT2D eigenvalue weighted by atomic mass is 10.2. The molecule has 2 N–H and O–H groups in total. The van der Waals surface area contributed by atoms with Gasteiger partial charge in [-0.2, -0.15) is 0 Å². The highest BCUT2D eigenvalue weighted by atomic mass is 35.5. The Morgan fingerprint density at radius 2 is 2.22 bits per heavy atom. The highest BCUT2D eigenvalue weighted by Crippen LogP contribution is 2.26. The van der Waals surface area contributed by atoms with E-state index in [1.165, 1.54) is 6.92 Å². The molecule has 96 valence electrons. The Balaban J connectivity index is 2.79. The highest BCUT2D eigenvalue weighted by Gasteiger charge is 2.16. The molecule has 0 heterocycles. The Hall–Kier alpha value is -1.80. The van der Waals surface area contributed by atoms with Crippen molar-refractivity contribution in [2.24, 2.45) is 0 Å². The van der Waals surface area contributed by atoms with Gasteiger partial charge in [-0.15, -0.1) is 6.42 Å². The van der Waals surface area contributed by atoms with E-state index in [4.69, 9.17) is 18.0 Å². The minimum atomic E-state index is -0.864. The molecular weight excluding hydrogens is 262 g/mol. The molecule has 1 unspecified atom stereocenters. The molecule has 0 bridgehead atoms. The second kappa shape index (κ2) is 6.22. The van der Waals surface area contributed by atoms with E-state index in [-0.39, 0.29) is 17.3 Å². The Morgan fingerprint density at radius 1 is 1.56 bits per heavy atom. The zero-order valence-electron chi connectivity index (χ0n) is 9.56. The van der Waals surface area contributed by atoms with Crippen LogP contribution in [-0.2, 0) is 4.79 Å². The maximum atomic E-state index is 13.4. The predicted octanol–water partition coefficient (Wildman–Crippen LogP) is 2.17. The lowest BCUT2D eigenvalue weighted by Gasteiger charge is -2.16. The molecule has 0 aliphatic carbocycles. The number of anilines is 1. The fourth-order valence-corrected chi connectivity index (χ4v) is 1.50. The summed E-state index contributed by atoms with van der Waals surface area (Å²) in [6.07, 6.45) is 4.99. The number of terminal acetylenes is 1. The van der Waals surface area contributed by atoms with E-state index in [0.717, 1.165) is 6.07 Å². The molecular formula is C12H11ClF2N2O. The van der Waals surface area contributed by atoms with E-state index in [1.807, 2.05) is 0 Å². The van der Waals surface area contributed by atoms with E-state index in [0.29, 0.717) is 6.07 Å². The largest absolute Gasteiger partial charge is 0.370 e. The molecule has 18 heavy (non-hydrogen) atoms. The van der Waals surface area contributed by atoms with Crippen molar-refractivity contribution < 1.29 is 13.6 Å². The van der Waals surface area contributed by atoms with Crippen LogP contribution < -0.4 is 10.6 Å². The SMILES string of the molecule is C#CCNC(=O)C(C)Nc1c(F)cc(F)cc1Cl. The van der Waals surface area contributed by atoms with Gasteiger partial charge in [-0.3, -0.25) is 4.79 Å². The number of carbonyl (C=O) groups is 1. The summed E-state index contributed by atoms with van der Waals surface area (Å²) in [4.78, 5) is 11.5. The van der Waals surface area contributed by atoms with Gasteiger partial charge in [0.25, 0.3) is 0 Å². The van der Waals surface area contributed by atoms with Crippen molar-refractivity contribution in [3.05, 3.63) is 28.8 Å². The molecule has 0 saturated heterocycles. The van der Waals surface area contributed by atoms with Gasteiger partial charge in [0.05, 0.1) is 17.3 Å². The van der Waals surface area contributed by atoms with E-state index >= 15 is 0 Å². The summed E-state index contributed by atoms with van der Waals surface area (Å²) < 4.78 is 26.3. The Bertz CT molecular complexity index is 476. The smallest absolute Gasteiger partial charge is 0.242 e. The van der Waals surface area contributed by atoms with Crippen LogP contribution in [0.4, 0.5) is 14.5 Å². The number of hydrogen-bond acceptors (Lipinski definition) is 2. The summed E-state index contributed by atoms with van der Waals surface area (Å²) in [6.45, 7) is 1.58. The fraction of sp³-hybridized carbons (Fsp3) is 0.250. The van der Waals surface area contributed by atoms with Gasteiger partial charge in [-0.05, 0) is 13.0 Å². The van der Waals surface area contributed by atoms with Crippen LogP contribution in [0.5, 0.6) is 0 Å². The van der Waals surface area contributed by atoms with Crippen LogP contribution >= 0.6 is 11.6 Å². The molecule has 1 amide bonds. The van der Waals surface area contributed by atoms with Crippen LogP contribution in [0.2, 0.25) is 5.02 Å². The maximum absolute atomic E-state index is 13.4. The monoisotopic (exact) mass is 272 g/mol. The number of carbonyl (C=O) groups excluding carboxylic acids is 1. The number of amides is 1. The molecule has 0 aliphatic heterocycles. The molecule has 0 spiro atoms. The van der Waals surface area contributed by atoms with Crippen LogP contribution in [0, 0.1) is 24.0 Å². The van der Waals surface area contributed by atoms with Crippen molar-refractivity contribution >= 4 is 23.2 Å². The first kappa shape index (κ1) is 14.3. The van der Waals surface area contributed by atoms with Crippen molar-refractivity contribution in [3.8, 4) is 12.3 Å². The summed E-state index contributed by atoms with van der Waals surface area (Å²) >= 11 is 5.68. The zero-order chi connectivity index (χ0) is 13.7. The van der Waals surface area contributed by atoms with Crippen LogP contribution in [0.25, 0.3) is 0 Å². The molecule has 1 rings (SSSR count). The molecule has 0 aromatic heterocycles. The first-order valence-corrected chi connectivity index (χ1v) is 5.45. The van der Waals surface area contributed by atoms with Crippen molar-refractivity contribution in [1.29, 1.82) is 0 Å². The van der Waals surface area contributed by atoms with E-state index in [9.17, 15) is 13.6 Å². The average molecular weight is 273 g/mol. The number of rotatable bonds is 4. The maximum Gasteiger partial charge on any atom is 0.242 e. The Morgan fingerprint density at radius 3 is 2.78 bits per heavy atom. The molecule has 1 atom stereocenters. The standard InChI is InChI=1S/C12H11ClF2N2O/c1-3-4-16-12(18)7(2)17-11-9(13)5-8(14)6-10(11)15/h1,5-7,17H,4H2,2H3,(H,16,18). The molecule has 3 nitrogen and oxygen atoms in total. The van der Waals surface area contributed by atoms with E-state index in [1.54, 1.807) is 0 Å². The lowest BCUT2D eigenvalue weighted by Crippen LogP contribution is -2.37. The number of benzene rings is 1. The molecule has 0 aliphatic rings. The summed E-state index contributed by atoms with van der Waals surface area (Å²) in [5, 5.41) is 4.85. The van der Waals surface area contributed by atoms with Gasteiger partial charge in [0.1, 0.15) is 11.9 Å². The summed E-state index contributed by atoms with van der Waals surface area (Å²) in [6, 6.07) is 0.884. The fourth-order valence-electron chi connectivity index (χ4n) is 1.25. The van der Waals surface area contributed by atoms with Gasteiger partial charge >= 0.3 is 0 Å². The van der Waals surface area contributed by atoms with Crippen LogP contribution in [0.1, 0.15) is 6.92 Å². The molecule has 0 fully saturated rings. The van der Waals surface area contributed by atoms with Crippen LogP contribution in [0.15, 0.2) is 12.1 Å². The van der Waals surface area contributed by atoms with Crippen molar-refractivity contribution in [3.63, 3.8) is 0 Å². The third-order valence-electron chi connectivity index (χ3n) is 2.13. The first-order valence-electron chi connectivity index (χ1n) is 5.08.